The van der Waals surface area contributed by atoms with Crippen LogP contribution in [0.3, 0.4) is 0 Å². The van der Waals surface area contributed by atoms with Crippen LogP contribution in [-0.4, -0.2) is 71.4 Å². The maximum atomic E-state index is 12.5. The molecule has 0 aliphatic carbocycles. The Kier molecular flexibility index (Phi) is 6.14. The second-order valence-electron chi connectivity index (χ2n) is 7.10. The highest BCUT2D eigenvalue weighted by Crippen LogP contribution is 2.24. The van der Waals surface area contributed by atoms with Crippen molar-refractivity contribution < 1.29 is 29.0 Å². The lowest BCUT2D eigenvalue weighted by Crippen LogP contribution is -2.60. The molecule has 0 radical (unpaired) electrons. The number of ether oxygens (including phenoxy) is 2. The molecule has 0 saturated carbocycles. The zero-order valence-electron chi connectivity index (χ0n) is 15.9. The van der Waals surface area contributed by atoms with Crippen LogP contribution in [0.15, 0.2) is 24.3 Å². The molecule has 0 bridgehead atoms. The molecule has 0 aromatic heterocycles. The van der Waals surface area contributed by atoms with Gasteiger partial charge < -0.3 is 24.8 Å². The number of carboxylic acids is 1. The maximum Gasteiger partial charge on any atom is 0.411 e. The number of rotatable bonds is 3. The lowest BCUT2D eigenvalue weighted by molar-refractivity contribution is -0.144. The number of piperazine rings is 1. The SMILES string of the molecule is COc1ccccc1NC(=O)N1CCN(C(=O)OC(C)(C)C)C(C(=O)O)C1. The fraction of sp³-hybridized carbons (Fsp3) is 0.500. The van der Waals surface area contributed by atoms with Crippen LogP contribution in [0.1, 0.15) is 20.8 Å². The Balaban J connectivity index is 2.08. The first-order valence-electron chi connectivity index (χ1n) is 8.53. The van der Waals surface area contributed by atoms with Gasteiger partial charge in [-0.3, -0.25) is 4.90 Å². The van der Waals surface area contributed by atoms with E-state index in [0.29, 0.717) is 11.4 Å². The fourth-order valence-electron chi connectivity index (χ4n) is 2.66. The Bertz CT molecular complexity index is 715. The summed E-state index contributed by atoms with van der Waals surface area (Å²) in [5, 5.41) is 12.2. The summed E-state index contributed by atoms with van der Waals surface area (Å²) >= 11 is 0. The van der Waals surface area contributed by atoms with Crippen LogP contribution in [0.5, 0.6) is 5.75 Å². The topological polar surface area (TPSA) is 108 Å². The molecule has 27 heavy (non-hydrogen) atoms. The third kappa shape index (κ3) is 5.25. The van der Waals surface area contributed by atoms with Gasteiger partial charge in [-0.1, -0.05) is 12.1 Å². The minimum absolute atomic E-state index is 0.0607. The van der Waals surface area contributed by atoms with Crippen molar-refractivity contribution in [3.8, 4) is 5.75 Å². The number of urea groups is 1. The number of carbonyl (C=O) groups excluding carboxylic acids is 2. The average Bonchev–Trinajstić information content (AvgIpc) is 2.60. The number of aliphatic carboxylic acids is 1. The smallest absolute Gasteiger partial charge is 0.411 e. The number of carboxylic acid groups (broad SMARTS) is 1. The van der Waals surface area contributed by atoms with Crippen LogP contribution < -0.4 is 10.1 Å². The third-order valence-corrected chi connectivity index (χ3v) is 3.93. The first-order chi connectivity index (χ1) is 12.6. The number of benzene rings is 1. The predicted octanol–water partition coefficient (Wildman–Crippen LogP) is 2.23. The Morgan fingerprint density at radius 2 is 1.85 bits per heavy atom. The average molecular weight is 379 g/mol. The van der Waals surface area contributed by atoms with Crippen LogP contribution in [-0.2, 0) is 9.53 Å². The van der Waals surface area contributed by atoms with Crippen molar-refractivity contribution >= 4 is 23.8 Å². The summed E-state index contributed by atoms with van der Waals surface area (Å²) in [6, 6.07) is 5.26. The zero-order chi connectivity index (χ0) is 20.2. The second-order valence-corrected chi connectivity index (χ2v) is 7.10. The number of nitrogens with zero attached hydrogens (tertiary/aromatic N) is 2. The molecule has 1 atom stereocenters. The number of methoxy groups -OCH3 is 1. The minimum atomic E-state index is -1.20. The lowest BCUT2D eigenvalue weighted by Gasteiger charge is -2.39. The Hall–Kier alpha value is -2.97. The third-order valence-electron chi connectivity index (χ3n) is 3.93. The second kappa shape index (κ2) is 8.15. The van der Waals surface area contributed by atoms with E-state index >= 15 is 0 Å². The molecule has 3 amide bonds. The summed E-state index contributed by atoms with van der Waals surface area (Å²) in [6.45, 7) is 5.22. The normalized spacial score (nSPS) is 17.3. The first-order valence-corrected chi connectivity index (χ1v) is 8.53. The summed E-state index contributed by atoms with van der Waals surface area (Å²) in [4.78, 5) is 39.0. The van der Waals surface area contributed by atoms with Crippen LogP contribution in [0.25, 0.3) is 0 Å². The van der Waals surface area contributed by atoms with Gasteiger partial charge in [-0.05, 0) is 32.9 Å². The lowest BCUT2D eigenvalue weighted by atomic mass is 10.1. The summed E-state index contributed by atoms with van der Waals surface area (Å²) in [6.07, 6.45) is -0.709. The molecular formula is C18H25N3O6. The molecule has 1 fully saturated rings. The molecule has 1 aromatic rings. The number of hydrogen-bond acceptors (Lipinski definition) is 5. The highest BCUT2D eigenvalue weighted by molar-refractivity contribution is 5.92. The Morgan fingerprint density at radius 1 is 1.19 bits per heavy atom. The molecule has 1 aliphatic rings. The number of amides is 3. The molecule has 148 valence electrons. The van der Waals surface area contributed by atoms with Crippen LogP contribution >= 0.6 is 0 Å². The predicted molar refractivity (Wildman–Crippen MR) is 97.9 cm³/mol. The van der Waals surface area contributed by atoms with Crippen LogP contribution in [0.2, 0.25) is 0 Å². The fourth-order valence-corrected chi connectivity index (χ4v) is 2.66. The molecular weight excluding hydrogens is 354 g/mol. The molecule has 1 heterocycles. The number of nitrogens with one attached hydrogen (secondary N) is 1. The monoisotopic (exact) mass is 379 g/mol. The Labute approximate surface area is 157 Å². The minimum Gasteiger partial charge on any atom is -0.495 e. The van der Waals surface area contributed by atoms with Crippen molar-refractivity contribution in [3.63, 3.8) is 0 Å². The highest BCUT2D eigenvalue weighted by Gasteiger charge is 2.39. The highest BCUT2D eigenvalue weighted by atomic mass is 16.6. The molecule has 1 aliphatic heterocycles. The zero-order valence-corrected chi connectivity index (χ0v) is 15.9. The van der Waals surface area contributed by atoms with E-state index < -0.39 is 29.7 Å². The van der Waals surface area contributed by atoms with E-state index in [1.165, 1.54) is 12.0 Å². The van der Waals surface area contributed by atoms with Gasteiger partial charge in [0.2, 0.25) is 0 Å². The van der Waals surface area contributed by atoms with Gasteiger partial charge >= 0.3 is 18.1 Å². The van der Waals surface area contributed by atoms with Gasteiger partial charge in [0, 0.05) is 13.1 Å². The summed E-state index contributed by atoms with van der Waals surface area (Å²) in [7, 11) is 1.49. The van der Waals surface area contributed by atoms with Gasteiger partial charge in [0.15, 0.2) is 6.04 Å². The Morgan fingerprint density at radius 3 is 2.44 bits per heavy atom. The molecule has 2 N–H and O–H groups in total. The van der Waals surface area contributed by atoms with E-state index in [2.05, 4.69) is 5.32 Å². The molecule has 1 unspecified atom stereocenters. The molecule has 2 rings (SSSR count). The van der Waals surface area contributed by atoms with Crippen molar-refractivity contribution in [2.24, 2.45) is 0 Å². The van der Waals surface area contributed by atoms with Crippen molar-refractivity contribution in [2.75, 3.05) is 32.1 Å². The van der Waals surface area contributed by atoms with Crippen molar-refractivity contribution in [1.82, 2.24) is 9.80 Å². The van der Waals surface area contributed by atoms with Gasteiger partial charge in [-0.2, -0.15) is 0 Å². The van der Waals surface area contributed by atoms with Gasteiger partial charge in [0.1, 0.15) is 11.4 Å². The van der Waals surface area contributed by atoms with Crippen LogP contribution in [0, 0.1) is 0 Å². The van der Waals surface area contributed by atoms with Crippen molar-refractivity contribution in [1.29, 1.82) is 0 Å². The molecule has 9 nitrogen and oxygen atoms in total. The maximum absolute atomic E-state index is 12.5. The van der Waals surface area contributed by atoms with E-state index in [-0.39, 0.29) is 19.6 Å². The van der Waals surface area contributed by atoms with E-state index in [1.807, 2.05) is 0 Å². The van der Waals surface area contributed by atoms with Gasteiger partial charge in [0.05, 0.1) is 19.3 Å². The summed E-state index contributed by atoms with van der Waals surface area (Å²) in [5.74, 6) is -0.705. The molecule has 1 aromatic carbocycles. The van der Waals surface area contributed by atoms with Crippen molar-refractivity contribution in [2.45, 2.75) is 32.4 Å². The molecule has 0 spiro atoms. The van der Waals surface area contributed by atoms with E-state index in [9.17, 15) is 19.5 Å². The molecule has 9 heteroatoms. The van der Waals surface area contributed by atoms with Crippen molar-refractivity contribution in [3.05, 3.63) is 24.3 Å². The number of carbonyl (C=O) groups is 3. The van der Waals surface area contributed by atoms with E-state index in [4.69, 9.17) is 9.47 Å². The summed E-state index contributed by atoms with van der Waals surface area (Å²) < 4.78 is 10.5. The summed E-state index contributed by atoms with van der Waals surface area (Å²) in [5.41, 5.74) is -0.259. The van der Waals surface area contributed by atoms with E-state index in [1.54, 1.807) is 45.0 Å². The number of anilines is 1. The number of hydrogen-bond donors (Lipinski definition) is 2. The van der Waals surface area contributed by atoms with Gasteiger partial charge in [-0.25, -0.2) is 14.4 Å². The quantitative estimate of drug-likeness (QED) is 0.834. The van der Waals surface area contributed by atoms with Gasteiger partial charge in [-0.15, -0.1) is 0 Å². The molecule has 1 saturated heterocycles. The largest absolute Gasteiger partial charge is 0.495 e. The van der Waals surface area contributed by atoms with Crippen LogP contribution in [0.4, 0.5) is 15.3 Å². The standard InChI is InChI=1S/C18H25N3O6/c1-18(2,3)27-17(25)21-10-9-20(11-13(21)15(22)23)16(24)19-12-7-5-6-8-14(12)26-4/h5-8,13H,9-11H2,1-4H3,(H,19,24)(H,22,23). The van der Waals surface area contributed by atoms with E-state index in [0.717, 1.165) is 4.90 Å². The number of para-hydroxylation sites is 2. The first kappa shape index (κ1) is 20.3. The van der Waals surface area contributed by atoms with Gasteiger partial charge in [0.25, 0.3) is 0 Å².